The van der Waals surface area contributed by atoms with Gasteiger partial charge in [-0.2, -0.15) is 0 Å². The van der Waals surface area contributed by atoms with Crippen molar-refractivity contribution in [2.45, 2.75) is 12.5 Å². The van der Waals surface area contributed by atoms with Crippen LogP contribution in [-0.2, 0) is 11.2 Å². The molecule has 1 atom stereocenters. The molecule has 0 spiro atoms. The largest absolute Gasteiger partial charge is 0.394 e. The zero-order valence-corrected chi connectivity index (χ0v) is 11.6. The molecular weight excluding hydrogens is 262 g/mol. The smallest absolute Gasteiger partial charge is 0.231 e. The van der Waals surface area contributed by atoms with E-state index in [0.717, 1.165) is 16.7 Å². The predicted octanol–water partition coefficient (Wildman–Crippen LogP) is 2.78. The lowest BCUT2D eigenvalue weighted by atomic mass is 10.0. The van der Waals surface area contributed by atoms with E-state index in [2.05, 4.69) is 0 Å². The van der Waals surface area contributed by atoms with E-state index in [-0.39, 0.29) is 18.6 Å². The quantitative estimate of drug-likeness (QED) is 0.938. The third-order valence-electron chi connectivity index (χ3n) is 3.79. The molecule has 1 amide bonds. The highest BCUT2D eigenvalue weighted by atomic mass is 16.3. The monoisotopic (exact) mass is 279 g/mol. The molecular formula is C18H17NO2. The summed E-state index contributed by atoms with van der Waals surface area (Å²) in [6.45, 7) is -0.101. The summed E-state index contributed by atoms with van der Waals surface area (Å²) in [6, 6.07) is 17.1. The van der Waals surface area contributed by atoms with Gasteiger partial charge in [-0.3, -0.25) is 4.79 Å². The maximum atomic E-state index is 12.5. The maximum absolute atomic E-state index is 12.5. The summed E-state index contributed by atoms with van der Waals surface area (Å²) in [6.07, 6.45) is 4.07. The van der Waals surface area contributed by atoms with Crippen molar-refractivity contribution in [3.63, 3.8) is 0 Å². The Bertz CT molecular complexity index is 664. The van der Waals surface area contributed by atoms with Gasteiger partial charge in [-0.15, -0.1) is 0 Å². The number of hydrogen-bond donors (Lipinski definition) is 1. The molecule has 0 aromatic heterocycles. The van der Waals surface area contributed by atoms with Crippen LogP contribution in [-0.4, -0.2) is 22.5 Å². The minimum Gasteiger partial charge on any atom is -0.394 e. The van der Waals surface area contributed by atoms with Crippen LogP contribution in [0.2, 0.25) is 0 Å². The zero-order chi connectivity index (χ0) is 14.7. The third-order valence-corrected chi connectivity index (χ3v) is 3.79. The summed E-state index contributed by atoms with van der Waals surface area (Å²) in [5.41, 5.74) is 3.01. The van der Waals surface area contributed by atoms with Gasteiger partial charge in [0.05, 0.1) is 19.1 Å². The SMILES string of the molecule is O=C1Cc2ccccc2C=CN1[C@@H](CO)c1ccccc1. The Morgan fingerprint density at radius 2 is 1.76 bits per heavy atom. The Morgan fingerprint density at radius 3 is 2.52 bits per heavy atom. The van der Waals surface area contributed by atoms with Crippen molar-refractivity contribution in [1.29, 1.82) is 0 Å². The summed E-state index contributed by atoms with van der Waals surface area (Å²) in [5, 5.41) is 9.73. The Kier molecular flexibility index (Phi) is 3.84. The molecule has 0 saturated carbocycles. The highest BCUT2D eigenvalue weighted by Crippen LogP contribution is 2.25. The average Bonchev–Trinajstić information content (AvgIpc) is 2.69. The lowest BCUT2D eigenvalue weighted by Gasteiger charge is -2.27. The van der Waals surface area contributed by atoms with Gasteiger partial charge in [-0.05, 0) is 22.8 Å². The number of hydrogen-bond acceptors (Lipinski definition) is 2. The number of carbonyl (C=O) groups is 1. The molecule has 21 heavy (non-hydrogen) atoms. The lowest BCUT2D eigenvalue weighted by molar-refractivity contribution is -0.130. The van der Waals surface area contributed by atoms with Gasteiger partial charge in [0.2, 0.25) is 5.91 Å². The number of amides is 1. The van der Waals surface area contributed by atoms with Gasteiger partial charge in [0.15, 0.2) is 0 Å². The van der Waals surface area contributed by atoms with Crippen LogP contribution >= 0.6 is 0 Å². The fraction of sp³-hybridized carbons (Fsp3) is 0.167. The second kappa shape index (κ2) is 5.94. The number of aliphatic hydroxyl groups is 1. The van der Waals surface area contributed by atoms with E-state index in [9.17, 15) is 9.90 Å². The average molecular weight is 279 g/mol. The summed E-state index contributed by atoms with van der Waals surface area (Å²) in [4.78, 5) is 14.1. The highest BCUT2D eigenvalue weighted by molar-refractivity contribution is 5.84. The molecule has 2 aromatic carbocycles. The van der Waals surface area contributed by atoms with Crippen LogP contribution in [0.4, 0.5) is 0 Å². The third kappa shape index (κ3) is 2.73. The highest BCUT2D eigenvalue weighted by Gasteiger charge is 2.25. The fourth-order valence-corrected chi connectivity index (χ4v) is 2.66. The normalized spacial score (nSPS) is 15.5. The standard InChI is InChI=1S/C18H17NO2/c20-13-17(15-7-2-1-3-8-15)19-11-10-14-6-4-5-9-16(14)12-18(19)21/h1-11,17,20H,12-13H2/t17-/m0/s1. The Labute approximate surface area is 124 Å². The fourth-order valence-electron chi connectivity index (χ4n) is 2.66. The second-order valence-electron chi connectivity index (χ2n) is 5.10. The van der Waals surface area contributed by atoms with Gasteiger partial charge in [-0.25, -0.2) is 0 Å². The first-order valence-corrected chi connectivity index (χ1v) is 7.02. The van der Waals surface area contributed by atoms with Crippen molar-refractivity contribution in [3.8, 4) is 0 Å². The van der Waals surface area contributed by atoms with Gasteiger partial charge in [0, 0.05) is 6.20 Å². The molecule has 0 fully saturated rings. The van der Waals surface area contributed by atoms with Crippen molar-refractivity contribution >= 4 is 12.0 Å². The van der Waals surface area contributed by atoms with E-state index >= 15 is 0 Å². The first-order chi connectivity index (χ1) is 10.3. The van der Waals surface area contributed by atoms with Crippen molar-refractivity contribution in [3.05, 3.63) is 77.5 Å². The number of carbonyl (C=O) groups excluding carboxylic acids is 1. The number of aliphatic hydroxyl groups excluding tert-OH is 1. The maximum Gasteiger partial charge on any atom is 0.231 e. The van der Waals surface area contributed by atoms with Gasteiger partial charge < -0.3 is 10.0 Å². The molecule has 3 rings (SSSR count). The summed E-state index contributed by atoms with van der Waals surface area (Å²) < 4.78 is 0. The van der Waals surface area contributed by atoms with E-state index in [0.29, 0.717) is 6.42 Å². The Balaban J connectivity index is 1.94. The summed E-state index contributed by atoms with van der Waals surface area (Å²) in [7, 11) is 0. The van der Waals surface area contributed by atoms with Gasteiger partial charge >= 0.3 is 0 Å². The Morgan fingerprint density at radius 1 is 1.05 bits per heavy atom. The van der Waals surface area contributed by atoms with Crippen molar-refractivity contribution in [1.82, 2.24) is 4.90 Å². The molecule has 106 valence electrons. The van der Waals surface area contributed by atoms with E-state index < -0.39 is 0 Å². The van der Waals surface area contributed by atoms with Crippen molar-refractivity contribution in [2.75, 3.05) is 6.61 Å². The predicted molar refractivity (Wildman–Crippen MR) is 82.3 cm³/mol. The molecule has 0 unspecified atom stereocenters. The molecule has 1 N–H and O–H groups in total. The van der Waals surface area contributed by atoms with Crippen LogP contribution in [0.3, 0.4) is 0 Å². The van der Waals surface area contributed by atoms with Crippen LogP contribution < -0.4 is 0 Å². The van der Waals surface area contributed by atoms with Crippen LogP contribution in [0, 0.1) is 0 Å². The minimum atomic E-state index is -0.343. The van der Waals surface area contributed by atoms with E-state index in [4.69, 9.17) is 0 Å². The number of nitrogens with zero attached hydrogens (tertiary/aromatic N) is 1. The molecule has 0 saturated heterocycles. The molecule has 2 aromatic rings. The van der Waals surface area contributed by atoms with Crippen LogP contribution in [0.15, 0.2) is 60.8 Å². The molecule has 1 aliphatic rings. The Hall–Kier alpha value is -2.39. The first-order valence-electron chi connectivity index (χ1n) is 7.02. The number of fused-ring (bicyclic) bond motifs is 1. The summed E-state index contributed by atoms with van der Waals surface area (Å²) in [5.74, 6) is -0.000830. The van der Waals surface area contributed by atoms with Crippen LogP contribution in [0.25, 0.3) is 6.08 Å². The molecule has 1 heterocycles. The first kappa shape index (κ1) is 13.6. The van der Waals surface area contributed by atoms with Gasteiger partial charge in [-0.1, -0.05) is 54.6 Å². The van der Waals surface area contributed by atoms with Crippen LogP contribution in [0.5, 0.6) is 0 Å². The van der Waals surface area contributed by atoms with Crippen LogP contribution in [0.1, 0.15) is 22.7 Å². The van der Waals surface area contributed by atoms with Gasteiger partial charge in [0.1, 0.15) is 0 Å². The van der Waals surface area contributed by atoms with E-state index in [1.807, 2.05) is 60.7 Å². The molecule has 0 bridgehead atoms. The molecule has 3 heteroatoms. The molecule has 1 aliphatic heterocycles. The summed E-state index contributed by atoms with van der Waals surface area (Å²) >= 11 is 0. The zero-order valence-electron chi connectivity index (χ0n) is 11.6. The number of benzene rings is 2. The molecule has 3 nitrogen and oxygen atoms in total. The van der Waals surface area contributed by atoms with E-state index in [1.54, 1.807) is 11.1 Å². The van der Waals surface area contributed by atoms with Crippen molar-refractivity contribution in [2.24, 2.45) is 0 Å². The minimum absolute atomic E-state index is 0.000830. The second-order valence-corrected chi connectivity index (χ2v) is 5.10. The van der Waals surface area contributed by atoms with E-state index in [1.165, 1.54) is 0 Å². The lowest BCUT2D eigenvalue weighted by Crippen LogP contribution is -2.32. The molecule has 0 radical (unpaired) electrons. The van der Waals surface area contributed by atoms with Crippen molar-refractivity contribution < 1.29 is 9.90 Å². The number of rotatable bonds is 3. The molecule has 0 aliphatic carbocycles. The topological polar surface area (TPSA) is 40.5 Å². The van der Waals surface area contributed by atoms with Gasteiger partial charge in [0.25, 0.3) is 0 Å².